The summed E-state index contributed by atoms with van der Waals surface area (Å²) in [6.07, 6.45) is 1.88. The highest BCUT2D eigenvalue weighted by atomic mass is 32.1. The molecule has 1 amide bonds. The summed E-state index contributed by atoms with van der Waals surface area (Å²) in [6.45, 7) is 4.07. The summed E-state index contributed by atoms with van der Waals surface area (Å²) >= 11 is 1.48. The minimum atomic E-state index is -0.771. The van der Waals surface area contributed by atoms with Crippen LogP contribution in [0.2, 0.25) is 0 Å². The molecular formula is C13H18N2O3S. The number of carbonyl (C=O) groups excluding carboxylic acids is 1. The summed E-state index contributed by atoms with van der Waals surface area (Å²) in [7, 11) is 0. The van der Waals surface area contributed by atoms with Crippen LogP contribution < -0.4 is 5.32 Å². The molecule has 0 saturated heterocycles. The Hall–Kier alpha value is -1.43. The third-order valence-corrected chi connectivity index (χ3v) is 4.51. The van der Waals surface area contributed by atoms with Crippen molar-refractivity contribution >= 4 is 23.2 Å². The molecule has 2 N–H and O–H groups in total. The topological polar surface area (TPSA) is 79.3 Å². The van der Waals surface area contributed by atoms with Gasteiger partial charge in [0.25, 0.3) is 5.91 Å². The minimum Gasteiger partial charge on any atom is -0.481 e. The van der Waals surface area contributed by atoms with Gasteiger partial charge in [-0.3, -0.25) is 9.59 Å². The van der Waals surface area contributed by atoms with E-state index in [9.17, 15) is 9.59 Å². The first-order chi connectivity index (χ1) is 8.97. The molecule has 0 aliphatic heterocycles. The lowest BCUT2D eigenvalue weighted by atomic mass is 10.1. The molecule has 104 valence electrons. The van der Waals surface area contributed by atoms with E-state index in [2.05, 4.69) is 10.3 Å². The Labute approximate surface area is 116 Å². The summed E-state index contributed by atoms with van der Waals surface area (Å²) < 4.78 is 0. The van der Waals surface area contributed by atoms with Crippen molar-refractivity contribution in [3.05, 3.63) is 16.1 Å². The number of hydrogen-bond acceptors (Lipinski definition) is 4. The molecule has 0 radical (unpaired) electrons. The number of thiazole rings is 1. The number of carboxylic acids is 1. The fourth-order valence-corrected chi connectivity index (χ4v) is 3.07. The van der Waals surface area contributed by atoms with E-state index in [1.165, 1.54) is 11.3 Å². The van der Waals surface area contributed by atoms with Crippen LogP contribution in [-0.2, 0) is 4.79 Å². The zero-order valence-electron chi connectivity index (χ0n) is 11.0. The molecule has 1 aliphatic rings. The smallest absolute Gasteiger partial charge is 0.306 e. The van der Waals surface area contributed by atoms with E-state index in [0.29, 0.717) is 24.5 Å². The van der Waals surface area contributed by atoms with Crippen molar-refractivity contribution in [1.29, 1.82) is 0 Å². The number of nitrogens with one attached hydrogen (secondary N) is 1. The van der Waals surface area contributed by atoms with Gasteiger partial charge in [0.05, 0.1) is 10.9 Å². The maximum absolute atomic E-state index is 12.0. The Morgan fingerprint density at radius 3 is 2.74 bits per heavy atom. The summed E-state index contributed by atoms with van der Waals surface area (Å²) in [5.41, 5.74) is 0.437. The van der Waals surface area contributed by atoms with Gasteiger partial charge in [-0.25, -0.2) is 4.98 Å². The third kappa shape index (κ3) is 3.32. The van der Waals surface area contributed by atoms with Gasteiger partial charge in [-0.05, 0) is 19.3 Å². The summed E-state index contributed by atoms with van der Waals surface area (Å²) in [4.78, 5) is 27.2. The molecule has 0 unspecified atom stereocenters. The molecule has 5 nitrogen and oxygen atoms in total. The van der Waals surface area contributed by atoms with Gasteiger partial charge in [0.1, 0.15) is 5.69 Å². The largest absolute Gasteiger partial charge is 0.481 e. The molecule has 1 saturated carbocycles. The lowest BCUT2D eigenvalue weighted by Crippen LogP contribution is -2.33. The van der Waals surface area contributed by atoms with Crippen molar-refractivity contribution in [2.45, 2.75) is 45.1 Å². The van der Waals surface area contributed by atoms with Crippen LogP contribution >= 0.6 is 11.3 Å². The predicted octanol–water partition coefficient (Wildman–Crippen LogP) is 2.25. The lowest BCUT2D eigenvalue weighted by molar-refractivity contribution is -0.141. The zero-order valence-corrected chi connectivity index (χ0v) is 11.9. The molecule has 1 heterocycles. The highest BCUT2D eigenvalue weighted by Crippen LogP contribution is 2.26. The van der Waals surface area contributed by atoms with E-state index in [1.807, 2.05) is 13.8 Å². The number of carboxylic acid groups (broad SMARTS) is 1. The Morgan fingerprint density at radius 2 is 2.21 bits per heavy atom. The molecule has 1 aliphatic carbocycles. The first-order valence-electron chi connectivity index (χ1n) is 6.46. The van der Waals surface area contributed by atoms with Gasteiger partial charge >= 0.3 is 5.97 Å². The van der Waals surface area contributed by atoms with Gasteiger partial charge in [-0.15, -0.1) is 11.3 Å². The second kappa shape index (κ2) is 5.69. The van der Waals surface area contributed by atoms with Crippen molar-refractivity contribution in [3.63, 3.8) is 0 Å². The van der Waals surface area contributed by atoms with Gasteiger partial charge in [0.2, 0.25) is 0 Å². The molecule has 6 heteroatoms. The number of aromatic nitrogens is 1. The lowest BCUT2D eigenvalue weighted by Gasteiger charge is -2.11. The Kier molecular flexibility index (Phi) is 4.19. The number of amides is 1. The quantitative estimate of drug-likeness (QED) is 0.887. The Morgan fingerprint density at radius 1 is 1.47 bits per heavy atom. The molecule has 1 aromatic rings. The van der Waals surface area contributed by atoms with Crippen molar-refractivity contribution < 1.29 is 14.7 Å². The molecule has 1 aromatic heterocycles. The Bertz CT molecular complexity index is 484. The van der Waals surface area contributed by atoms with Crippen LogP contribution in [-0.4, -0.2) is 28.0 Å². The van der Waals surface area contributed by atoms with Crippen molar-refractivity contribution in [2.24, 2.45) is 5.92 Å². The standard InChI is InChI=1S/C13H18N2O3S/c1-7(2)12-15-10(6-19-12)11(16)14-9-4-3-8(5-9)13(17)18/h6-9H,3-5H2,1-2H3,(H,14,16)(H,17,18)/t8-,9+/m1/s1. The molecule has 1 fully saturated rings. The summed E-state index contributed by atoms with van der Waals surface area (Å²) in [5, 5.41) is 14.5. The molecule has 2 rings (SSSR count). The number of aliphatic carboxylic acids is 1. The minimum absolute atomic E-state index is 0.0437. The normalized spacial score (nSPS) is 22.7. The van der Waals surface area contributed by atoms with Gasteiger partial charge in [0.15, 0.2) is 0 Å². The van der Waals surface area contributed by atoms with Gasteiger partial charge < -0.3 is 10.4 Å². The Balaban J connectivity index is 1.92. The van der Waals surface area contributed by atoms with Crippen LogP contribution in [0.5, 0.6) is 0 Å². The molecule has 0 aromatic carbocycles. The van der Waals surface area contributed by atoms with Crippen LogP contribution in [0.25, 0.3) is 0 Å². The molecule has 0 spiro atoms. The SMILES string of the molecule is CC(C)c1nc(C(=O)N[C@H]2CC[C@@H](C(=O)O)C2)cs1. The van der Waals surface area contributed by atoms with Crippen LogP contribution in [0.15, 0.2) is 5.38 Å². The molecule has 0 bridgehead atoms. The second-order valence-electron chi connectivity index (χ2n) is 5.24. The predicted molar refractivity (Wildman–Crippen MR) is 72.4 cm³/mol. The zero-order chi connectivity index (χ0) is 14.0. The van der Waals surface area contributed by atoms with E-state index in [-0.39, 0.29) is 17.9 Å². The number of rotatable bonds is 4. The number of hydrogen-bond donors (Lipinski definition) is 2. The van der Waals surface area contributed by atoms with E-state index < -0.39 is 5.97 Å². The average Bonchev–Trinajstić information content (AvgIpc) is 2.96. The number of nitrogens with zero attached hydrogens (tertiary/aromatic N) is 1. The van der Waals surface area contributed by atoms with Gasteiger partial charge in [-0.2, -0.15) is 0 Å². The molecule has 19 heavy (non-hydrogen) atoms. The van der Waals surface area contributed by atoms with Crippen molar-refractivity contribution in [3.8, 4) is 0 Å². The van der Waals surface area contributed by atoms with Crippen LogP contribution in [0.1, 0.15) is 54.5 Å². The van der Waals surface area contributed by atoms with Crippen LogP contribution in [0.4, 0.5) is 0 Å². The fourth-order valence-electron chi connectivity index (χ4n) is 2.25. The van der Waals surface area contributed by atoms with Crippen molar-refractivity contribution in [1.82, 2.24) is 10.3 Å². The van der Waals surface area contributed by atoms with Gasteiger partial charge in [0, 0.05) is 17.3 Å². The highest BCUT2D eigenvalue weighted by molar-refractivity contribution is 7.09. The monoisotopic (exact) mass is 282 g/mol. The maximum atomic E-state index is 12.0. The van der Waals surface area contributed by atoms with Gasteiger partial charge in [-0.1, -0.05) is 13.8 Å². The summed E-state index contributed by atoms with van der Waals surface area (Å²) in [6, 6.07) is -0.0437. The first kappa shape index (κ1) is 14.0. The highest BCUT2D eigenvalue weighted by Gasteiger charge is 2.31. The number of carbonyl (C=O) groups is 2. The first-order valence-corrected chi connectivity index (χ1v) is 7.34. The molecular weight excluding hydrogens is 264 g/mol. The fraction of sp³-hybridized carbons (Fsp3) is 0.615. The van der Waals surface area contributed by atoms with E-state index in [0.717, 1.165) is 11.4 Å². The molecule has 2 atom stereocenters. The second-order valence-corrected chi connectivity index (χ2v) is 6.13. The van der Waals surface area contributed by atoms with Crippen molar-refractivity contribution in [2.75, 3.05) is 0 Å². The third-order valence-electron chi connectivity index (χ3n) is 3.37. The maximum Gasteiger partial charge on any atom is 0.306 e. The van der Waals surface area contributed by atoms with E-state index >= 15 is 0 Å². The van der Waals surface area contributed by atoms with E-state index in [4.69, 9.17) is 5.11 Å². The van der Waals surface area contributed by atoms with Crippen LogP contribution in [0, 0.1) is 5.92 Å². The summed E-state index contributed by atoms with van der Waals surface area (Å²) in [5.74, 6) is -0.979. The average molecular weight is 282 g/mol. The van der Waals surface area contributed by atoms with E-state index in [1.54, 1.807) is 5.38 Å². The van der Waals surface area contributed by atoms with Crippen LogP contribution in [0.3, 0.4) is 0 Å².